The second-order valence-electron chi connectivity index (χ2n) is 5.45. The second-order valence-corrected chi connectivity index (χ2v) is 5.45. The van der Waals surface area contributed by atoms with Gasteiger partial charge in [-0.15, -0.1) is 0 Å². The zero-order valence-corrected chi connectivity index (χ0v) is 11.3. The van der Waals surface area contributed by atoms with Crippen LogP contribution in [0.15, 0.2) is 22.8 Å². The largest absolute Gasteiger partial charge is 0.468 e. The predicted octanol–water partition coefficient (Wildman–Crippen LogP) is 3.04. The Morgan fingerprint density at radius 1 is 1.44 bits per heavy atom. The third-order valence-corrected chi connectivity index (χ3v) is 3.96. The van der Waals surface area contributed by atoms with Gasteiger partial charge in [-0.1, -0.05) is 32.6 Å². The molecule has 1 atom stereocenters. The molecule has 0 aromatic carbocycles. The maximum Gasteiger partial charge on any atom is 0.117 e. The molecule has 102 valence electrons. The van der Waals surface area contributed by atoms with Crippen molar-refractivity contribution >= 4 is 0 Å². The monoisotopic (exact) mass is 251 g/mol. The highest BCUT2D eigenvalue weighted by molar-refractivity contribution is 4.97. The van der Waals surface area contributed by atoms with E-state index >= 15 is 0 Å². The molecule has 1 aliphatic rings. The highest BCUT2D eigenvalue weighted by Crippen LogP contribution is 2.28. The van der Waals surface area contributed by atoms with Crippen LogP contribution in [0.2, 0.25) is 0 Å². The smallest absolute Gasteiger partial charge is 0.117 e. The van der Waals surface area contributed by atoms with Crippen molar-refractivity contribution in [3.05, 3.63) is 24.2 Å². The summed E-state index contributed by atoms with van der Waals surface area (Å²) in [7, 11) is 0. The molecule has 0 saturated heterocycles. The molecule has 1 aromatic rings. The Bertz CT molecular complexity index is 317. The molecule has 0 aliphatic heterocycles. The van der Waals surface area contributed by atoms with Crippen LogP contribution in [0.5, 0.6) is 0 Å². The van der Waals surface area contributed by atoms with E-state index in [1.807, 2.05) is 12.1 Å². The van der Waals surface area contributed by atoms with E-state index < -0.39 is 0 Å². The lowest BCUT2D eigenvalue weighted by Crippen LogP contribution is -2.32. The van der Waals surface area contributed by atoms with Crippen LogP contribution in [0.1, 0.15) is 44.8 Å². The van der Waals surface area contributed by atoms with Crippen LogP contribution in [0.3, 0.4) is 0 Å². The minimum Gasteiger partial charge on any atom is -0.468 e. The molecule has 2 rings (SSSR count). The fourth-order valence-corrected chi connectivity index (χ4v) is 2.93. The van der Waals surface area contributed by atoms with Gasteiger partial charge in [0.15, 0.2) is 0 Å². The van der Waals surface area contributed by atoms with E-state index in [0.717, 1.165) is 37.7 Å². The lowest BCUT2D eigenvalue weighted by atomic mass is 10.00. The summed E-state index contributed by atoms with van der Waals surface area (Å²) in [6, 6.07) is 3.91. The van der Waals surface area contributed by atoms with Gasteiger partial charge in [-0.25, -0.2) is 0 Å². The van der Waals surface area contributed by atoms with Crippen molar-refractivity contribution in [2.75, 3.05) is 13.1 Å². The molecule has 1 saturated carbocycles. The Morgan fingerprint density at radius 2 is 2.22 bits per heavy atom. The summed E-state index contributed by atoms with van der Waals surface area (Å²) in [5.74, 6) is 1.73. The Balaban J connectivity index is 1.74. The summed E-state index contributed by atoms with van der Waals surface area (Å²) in [6.45, 7) is 4.63. The van der Waals surface area contributed by atoms with Gasteiger partial charge in [-0.3, -0.25) is 4.90 Å². The first-order chi connectivity index (χ1) is 8.78. The Morgan fingerprint density at radius 3 is 2.83 bits per heavy atom. The number of aliphatic hydroxyl groups excluding tert-OH is 1. The first-order valence-electron chi connectivity index (χ1n) is 7.20. The summed E-state index contributed by atoms with van der Waals surface area (Å²) in [4.78, 5) is 2.25. The SMILES string of the molecule is CCN(Cc1ccco1)CC(O)CC1CCCC1. The lowest BCUT2D eigenvalue weighted by Gasteiger charge is -2.24. The maximum absolute atomic E-state index is 10.2. The van der Waals surface area contributed by atoms with Crippen molar-refractivity contribution < 1.29 is 9.52 Å². The quantitative estimate of drug-likeness (QED) is 0.809. The van der Waals surface area contributed by atoms with Crippen molar-refractivity contribution in [3.63, 3.8) is 0 Å². The van der Waals surface area contributed by atoms with E-state index in [-0.39, 0.29) is 6.10 Å². The topological polar surface area (TPSA) is 36.6 Å². The van der Waals surface area contributed by atoms with Crippen LogP contribution in [-0.4, -0.2) is 29.2 Å². The first kappa shape index (κ1) is 13.6. The van der Waals surface area contributed by atoms with Crippen LogP contribution >= 0.6 is 0 Å². The molecule has 18 heavy (non-hydrogen) atoms. The van der Waals surface area contributed by atoms with Gasteiger partial charge in [0.25, 0.3) is 0 Å². The van der Waals surface area contributed by atoms with Gasteiger partial charge in [-0.2, -0.15) is 0 Å². The maximum atomic E-state index is 10.2. The van der Waals surface area contributed by atoms with Crippen LogP contribution < -0.4 is 0 Å². The molecule has 0 bridgehead atoms. The second kappa shape index (κ2) is 6.95. The van der Waals surface area contributed by atoms with Crippen molar-refractivity contribution in [2.45, 2.75) is 51.7 Å². The van der Waals surface area contributed by atoms with Crippen molar-refractivity contribution in [1.82, 2.24) is 4.90 Å². The molecular formula is C15H25NO2. The average Bonchev–Trinajstić information content (AvgIpc) is 3.01. The summed E-state index contributed by atoms with van der Waals surface area (Å²) >= 11 is 0. The van der Waals surface area contributed by atoms with Gasteiger partial charge in [0, 0.05) is 6.54 Å². The number of hydrogen-bond acceptors (Lipinski definition) is 3. The molecule has 0 radical (unpaired) electrons. The van der Waals surface area contributed by atoms with E-state index in [2.05, 4.69) is 11.8 Å². The van der Waals surface area contributed by atoms with Gasteiger partial charge in [0.2, 0.25) is 0 Å². The molecule has 1 fully saturated rings. The van der Waals surface area contributed by atoms with Crippen LogP contribution in [0, 0.1) is 5.92 Å². The molecule has 3 heteroatoms. The van der Waals surface area contributed by atoms with Crippen LogP contribution in [-0.2, 0) is 6.54 Å². The fraction of sp³-hybridized carbons (Fsp3) is 0.733. The van der Waals surface area contributed by atoms with E-state index in [4.69, 9.17) is 4.42 Å². The zero-order valence-electron chi connectivity index (χ0n) is 11.3. The molecule has 1 aromatic heterocycles. The van der Waals surface area contributed by atoms with E-state index in [9.17, 15) is 5.11 Å². The van der Waals surface area contributed by atoms with Crippen molar-refractivity contribution in [3.8, 4) is 0 Å². The average molecular weight is 251 g/mol. The fourth-order valence-electron chi connectivity index (χ4n) is 2.93. The number of furan rings is 1. The summed E-state index contributed by atoms with van der Waals surface area (Å²) < 4.78 is 5.36. The third-order valence-electron chi connectivity index (χ3n) is 3.96. The van der Waals surface area contributed by atoms with Gasteiger partial charge in [0.05, 0.1) is 18.9 Å². The third kappa shape index (κ3) is 4.14. The van der Waals surface area contributed by atoms with Crippen LogP contribution in [0.25, 0.3) is 0 Å². The molecule has 3 nitrogen and oxygen atoms in total. The number of likely N-dealkylation sites (N-methyl/N-ethyl adjacent to an activating group) is 1. The summed E-state index contributed by atoms with van der Waals surface area (Å²) in [6.07, 6.45) is 7.79. The minimum absolute atomic E-state index is 0.192. The zero-order chi connectivity index (χ0) is 12.8. The lowest BCUT2D eigenvalue weighted by molar-refractivity contribution is 0.0873. The van der Waals surface area contributed by atoms with E-state index in [1.54, 1.807) is 6.26 Å². The van der Waals surface area contributed by atoms with Crippen LogP contribution in [0.4, 0.5) is 0 Å². The normalized spacial score (nSPS) is 18.6. The standard InChI is InChI=1S/C15H25NO2/c1-2-16(12-15-8-5-9-18-15)11-14(17)10-13-6-3-4-7-13/h5,8-9,13-14,17H,2-4,6-7,10-12H2,1H3. The molecular weight excluding hydrogens is 226 g/mol. The van der Waals surface area contributed by atoms with Gasteiger partial charge < -0.3 is 9.52 Å². The number of aliphatic hydroxyl groups is 1. The van der Waals surface area contributed by atoms with E-state index in [0.29, 0.717) is 0 Å². The number of rotatable bonds is 7. The summed E-state index contributed by atoms with van der Waals surface area (Å²) in [5.41, 5.74) is 0. The van der Waals surface area contributed by atoms with Crippen molar-refractivity contribution in [1.29, 1.82) is 0 Å². The predicted molar refractivity (Wildman–Crippen MR) is 72.2 cm³/mol. The molecule has 1 aliphatic carbocycles. The highest BCUT2D eigenvalue weighted by atomic mass is 16.3. The molecule has 1 unspecified atom stereocenters. The first-order valence-corrected chi connectivity index (χ1v) is 7.20. The molecule has 0 amide bonds. The Labute approximate surface area is 110 Å². The van der Waals surface area contributed by atoms with E-state index in [1.165, 1.54) is 25.7 Å². The number of nitrogens with zero attached hydrogens (tertiary/aromatic N) is 1. The highest BCUT2D eigenvalue weighted by Gasteiger charge is 2.20. The van der Waals surface area contributed by atoms with Gasteiger partial charge in [0.1, 0.15) is 5.76 Å². The Kier molecular flexibility index (Phi) is 5.26. The number of hydrogen-bond donors (Lipinski definition) is 1. The molecule has 1 heterocycles. The van der Waals surface area contributed by atoms with Gasteiger partial charge in [-0.05, 0) is 31.0 Å². The minimum atomic E-state index is -0.192. The van der Waals surface area contributed by atoms with Gasteiger partial charge >= 0.3 is 0 Å². The Hall–Kier alpha value is -0.800. The summed E-state index contributed by atoms with van der Waals surface area (Å²) in [5, 5.41) is 10.2. The van der Waals surface area contributed by atoms with Crippen molar-refractivity contribution in [2.24, 2.45) is 5.92 Å². The molecule has 0 spiro atoms. The molecule has 1 N–H and O–H groups in total.